The molecule has 2 heterocycles. The lowest BCUT2D eigenvalue weighted by atomic mass is 9.94. The molecule has 1 unspecified atom stereocenters. The van der Waals surface area contributed by atoms with Crippen molar-refractivity contribution in [3.8, 4) is 5.75 Å². The van der Waals surface area contributed by atoms with E-state index in [1.807, 2.05) is 0 Å². The minimum absolute atomic E-state index is 0.150. The van der Waals surface area contributed by atoms with Gasteiger partial charge in [-0.1, -0.05) is 12.1 Å². The van der Waals surface area contributed by atoms with E-state index < -0.39 is 29.9 Å². The van der Waals surface area contributed by atoms with E-state index in [9.17, 15) is 32.3 Å². The van der Waals surface area contributed by atoms with Crippen LogP contribution in [0.1, 0.15) is 48.2 Å². The van der Waals surface area contributed by atoms with E-state index in [-0.39, 0.29) is 37.0 Å². The molecule has 0 bridgehead atoms. The Morgan fingerprint density at radius 3 is 2.42 bits per heavy atom. The smallest absolute Gasteiger partial charge is 0.406 e. The van der Waals surface area contributed by atoms with Crippen LogP contribution in [0.4, 0.5) is 23.7 Å². The van der Waals surface area contributed by atoms with Crippen LogP contribution in [0.5, 0.6) is 5.75 Å². The van der Waals surface area contributed by atoms with E-state index in [0.717, 1.165) is 12.1 Å². The molecule has 0 aromatic heterocycles. The summed E-state index contributed by atoms with van der Waals surface area (Å²) in [5.41, 5.74) is 1.06. The zero-order chi connectivity index (χ0) is 26.3. The predicted molar refractivity (Wildman–Crippen MR) is 121 cm³/mol. The standard InChI is InChI=1S/C24H23F3N4O5/c1-23(2,14-3-6-16(7-4-14)36-24(25,26)27)30-22(35)28-15-5-8-17-13(11-15)12-31(21(17)34)18-9-10-19(32)29-20(18)33/h3-8,11,18H,9-10,12H2,1-2H3,(H2,28,30,35)(H,29,32,33). The van der Waals surface area contributed by atoms with Gasteiger partial charge in [-0.25, -0.2) is 4.79 Å². The molecule has 5 amide bonds. The normalized spacial score (nSPS) is 18.0. The fourth-order valence-electron chi connectivity index (χ4n) is 4.24. The monoisotopic (exact) mass is 504 g/mol. The summed E-state index contributed by atoms with van der Waals surface area (Å²) in [4.78, 5) is 50.4. The molecule has 3 N–H and O–H groups in total. The van der Waals surface area contributed by atoms with Crippen molar-refractivity contribution in [2.45, 2.75) is 51.2 Å². The number of rotatable bonds is 5. The first-order valence-electron chi connectivity index (χ1n) is 11.1. The van der Waals surface area contributed by atoms with Gasteiger partial charge in [0, 0.05) is 24.2 Å². The van der Waals surface area contributed by atoms with Crippen LogP contribution in [0, 0.1) is 0 Å². The molecule has 9 nitrogen and oxygen atoms in total. The third-order valence-corrected chi connectivity index (χ3v) is 6.02. The summed E-state index contributed by atoms with van der Waals surface area (Å²) in [6.07, 6.45) is -4.40. The molecule has 0 radical (unpaired) electrons. The van der Waals surface area contributed by atoms with Crippen LogP contribution in [0.15, 0.2) is 42.5 Å². The average Bonchev–Trinajstić information content (AvgIpc) is 3.08. The van der Waals surface area contributed by atoms with Crippen molar-refractivity contribution in [1.29, 1.82) is 0 Å². The van der Waals surface area contributed by atoms with Gasteiger partial charge in [-0.15, -0.1) is 13.2 Å². The summed E-state index contributed by atoms with van der Waals surface area (Å²) in [6, 6.07) is 8.61. The fraction of sp³-hybridized carbons (Fsp3) is 0.333. The van der Waals surface area contributed by atoms with Crippen molar-refractivity contribution in [1.82, 2.24) is 15.5 Å². The molecule has 12 heteroatoms. The number of carbonyl (C=O) groups is 4. The van der Waals surface area contributed by atoms with Crippen molar-refractivity contribution in [3.63, 3.8) is 0 Å². The highest BCUT2D eigenvalue weighted by atomic mass is 19.4. The van der Waals surface area contributed by atoms with Crippen molar-refractivity contribution in [2.75, 3.05) is 5.32 Å². The van der Waals surface area contributed by atoms with E-state index in [1.165, 1.54) is 17.0 Å². The summed E-state index contributed by atoms with van der Waals surface area (Å²) in [7, 11) is 0. The van der Waals surface area contributed by atoms with Gasteiger partial charge in [-0.2, -0.15) is 0 Å². The first-order valence-corrected chi connectivity index (χ1v) is 11.1. The maximum Gasteiger partial charge on any atom is 0.573 e. The third kappa shape index (κ3) is 5.42. The van der Waals surface area contributed by atoms with Crippen LogP contribution in [-0.4, -0.2) is 41.1 Å². The van der Waals surface area contributed by atoms with Crippen molar-refractivity contribution < 1.29 is 37.1 Å². The van der Waals surface area contributed by atoms with E-state index in [0.29, 0.717) is 22.4 Å². The van der Waals surface area contributed by atoms with Crippen LogP contribution in [0.25, 0.3) is 0 Å². The Morgan fingerprint density at radius 1 is 1.08 bits per heavy atom. The lowest BCUT2D eigenvalue weighted by molar-refractivity contribution is -0.274. The van der Waals surface area contributed by atoms with E-state index >= 15 is 0 Å². The average molecular weight is 504 g/mol. The Balaban J connectivity index is 1.40. The maximum absolute atomic E-state index is 12.8. The summed E-state index contributed by atoms with van der Waals surface area (Å²) in [5, 5.41) is 7.69. The van der Waals surface area contributed by atoms with Gasteiger partial charge < -0.3 is 20.3 Å². The molecule has 1 saturated heterocycles. The molecule has 36 heavy (non-hydrogen) atoms. The number of imide groups is 1. The van der Waals surface area contributed by atoms with Crippen LogP contribution < -0.4 is 20.7 Å². The Morgan fingerprint density at radius 2 is 1.78 bits per heavy atom. The van der Waals surface area contributed by atoms with E-state index in [1.54, 1.807) is 32.0 Å². The van der Waals surface area contributed by atoms with E-state index in [4.69, 9.17) is 0 Å². The van der Waals surface area contributed by atoms with Gasteiger partial charge in [0.2, 0.25) is 11.8 Å². The van der Waals surface area contributed by atoms with Crippen molar-refractivity contribution >= 4 is 29.4 Å². The quantitative estimate of drug-likeness (QED) is 0.540. The number of hydrogen-bond acceptors (Lipinski definition) is 5. The minimum atomic E-state index is -4.80. The molecule has 2 aromatic carbocycles. The number of piperidine rings is 1. The molecule has 0 spiro atoms. The zero-order valence-corrected chi connectivity index (χ0v) is 19.4. The Bertz CT molecular complexity index is 1230. The molecular weight excluding hydrogens is 481 g/mol. The maximum atomic E-state index is 12.8. The lowest BCUT2D eigenvalue weighted by Crippen LogP contribution is -2.52. The fourth-order valence-corrected chi connectivity index (χ4v) is 4.24. The number of nitrogens with zero attached hydrogens (tertiary/aromatic N) is 1. The van der Waals surface area contributed by atoms with E-state index in [2.05, 4.69) is 20.7 Å². The van der Waals surface area contributed by atoms with Crippen molar-refractivity contribution in [3.05, 3.63) is 59.2 Å². The molecule has 2 aliphatic rings. The first-order chi connectivity index (χ1) is 16.8. The topological polar surface area (TPSA) is 117 Å². The van der Waals surface area contributed by atoms with Gasteiger partial charge in [0.05, 0.1) is 5.54 Å². The minimum Gasteiger partial charge on any atom is -0.406 e. The lowest BCUT2D eigenvalue weighted by Gasteiger charge is -2.29. The Labute approximate surface area is 204 Å². The summed E-state index contributed by atoms with van der Waals surface area (Å²) >= 11 is 0. The summed E-state index contributed by atoms with van der Waals surface area (Å²) in [6.45, 7) is 3.53. The van der Waals surface area contributed by atoms with Gasteiger partial charge >= 0.3 is 12.4 Å². The number of carbonyl (C=O) groups excluding carboxylic acids is 4. The molecule has 1 fully saturated rings. The van der Waals surface area contributed by atoms with Gasteiger partial charge in [-0.3, -0.25) is 19.7 Å². The second kappa shape index (κ2) is 9.17. The van der Waals surface area contributed by atoms with Gasteiger partial charge in [0.1, 0.15) is 11.8 Å². The van der Waals surface area contributed by atoms with Crippen LogP contribution in [0.3, 0.4) is 0 Å². The summed E-state index contributed by atoms with van der Waals surface area (Å²) in [5.74, 6) is -1.57. The SMILES string of the molecule is CC(C)(NC(=O)Nc1ccc2c(c1)CN(C1CCC(=O)NC1=O)C2=O)c1ccc(OC(F)(F)F)cc1. The number of fused-ring (bicyclic) bond motifs is 1. The number of anilines is 1. The molecule has 2 aromatic rings. The van der Waals surface area contributed by atoms with Crippen molar-refractivity contribution in [2.24, 2.45) is 0 Å². The molecule has 0 aliphatic carbocycles. The molecule has 4 rings (SSSR count). The number of nitrogens with one attached hydrogen (secondary N) is 3. The molecule has 1 atom stereocenters. The highest BCUT2D eigenvalue weighted by Gasteiger charge is 2.39. The van der Waals surface area contributed by atoms with Gasteiger partial charge in [-0.05, 0) is 61.7 Å². The first kappa shape index (κ1) is 25.0. The molecule has 190 valence electrons. The highest BCUT2D eigenvalue weighted by Crippen LogP contribution is 2.30. The number of ether oxygens (including phenoxy) is 1. The number of hydrogen-bond donors (Lipinski definition) is 3. The van der Waals surface area contributed by atoms with Crippen LogP contribution >= 0.6 is 0 Å². The van der Waals surface area contributed by atoms with Crippen LogP contribution in [-0.2, 0) is 21.7 Å². The zero-order valence-electron chi connectivity index (χ0n) is 19.4. The number of benzene rings is 2. The highest BCUT2D eigenvalue weighted by molar-refractivity contribution is 6.05. The number of amides is 5. The number of alkyl halides is 3. The number of halogens is 3. The summed E-state index contributed by atoms with van der Waals surface area (Å²) < 4.78 is 41.0. The predicted octanol–water partition coefficient (Wildman–Crippen LogP) is 3.40. The Hall–Kier alpha value is -4.09. The largest absolute Gasteiger partial charge is 0.573 e. The van der Waals surface area contributed by atoms with Gasteiger partial charge in [0.25, 0.3) is 5.91 Å². The second-order valence-electron chi connectivity index (χ2n) is 9.05. The Kier molecular flexibility index (Phi) is 6.37. The van der Waals surface area contributed by atoms with Gasteiger partial charge in [0.15, 0.2) is 0 Å². The second-order valence-corrected chi connectivity index (χ2v) is 9.05. The van der Waals surface area contributed by atoms with Crippen LogP contribution in [0.2, 0.25) is 0 Å². The third-order valence-electron chi connectivity index (χ3n) is 6.02. The molecule has 0 saturated carbocycles. The molecular formula is C24H23F3N4O5. The molecule has 2 aliphatic heterocycles. The number of urea groups is 1.